The van der Waals surface area contributed by atoms with Crippen LogP contribution in [0.4, 0.5) is 5.95 Å². The zero-order valence-electron chi connectivity index (χ0n) is 24.4. The fourth-order valence-corrected chi connectivity index (χ4v) is 6.13. The van der Waals surface area contributed by atoms with E-state index in [1.54, 1.807) is 0 Å². The van der Waals surface area contributed by atoms with Crippen LogP contribution in [-0.4, -0.2) is 86.4 Å². The Balaban J connectivity index is 1.12. The Labute approximate surface area is 244 Å². The fourth-order valence-electron chi connectivity index (χ4n) is 6.13. The van der Waals surface area contributed by atoms with Crippen molar-refractivity contribution in [2.24, 2.45) is 0 Å². The molecular formula is C31H35N7O4. The highest BCUT2D eigenvalue weighted by molar-refractivity contribution is 5.78. The minimum absolute atomic E-state index is 0.0119. The number of pyridine rings is 1. The van der Waals surface area contributed by atoms with E-state index in [1.165, 1.54) is 0 Å². The zero-order chi connectivity index (χ0) is 29.1. The molecule has 3 aliphatic heterocycles. The van der Waals surface area contributed by atoms with Crippen molar-refractivity contribution in [3.63, 3.8) is 0 Å². The van der Waals surface area contributed by atoms with Gasteiger partial charge in [0.1, 0.15) is 42.5 Å². The molecular weight excluding hydrogens is 534 g/mol. The Morgan fingerprint density at radius 1 is 1.07 bits per heavy atom. The number of para-hydroxylation sites is 1. The van der Waals surface area contributed by atoms with Gasteiger partial charge < -0.3 is 24.0 Å². The van der Waals surface area contributed by atoms with E-state index in [9.17, 15) is 4.79 Å². The number of aromatic nitrogens is 5. The molecule has 1 spiro atoms. The second-order valence-corrected chi connectivity index (χ2v) is 12.3. The van der Waals surface area contributed by atoms with Gasteiger partial charge in [0, 0.05) is 49.2 Å². The molecule has 218 valence electrons. The van der Waals surface area contributed by atoms with Crippen LogP contribution in [0.1, 0.15) is 39.1 Å². The minimum atomic E-state index is -0.510. The molecule has 6 heterocycles. The number of hydrogen-bond acceptors (Lipinski definition) is 9. The number of hydrogen-bond donors (Lipinski definition) is 0. The van der Waals surface area contributed by atoms with Crippen LogP contribution in [0.15, 0.2) is 48.8 Å². The lowest BCUT2D eigenvalue weighted by atomic mass is 9.91. The number of nitrogens with zero attached hydrogens (tertiary/aromatic N) is 7. The summed E-state index contributed by atoms with van der Waals surface area (Å²) in [6, 6.07) is 12.1. The molecule has 0 aliphatic carbocycles. The SMILES string of the molecule is C[C@@H]1CN(c2ncc(-c3ccc4nc5n(c4n3)C3(COC5)COc4ccccc43)cn2)CCN1C(=O)COC(C)(C)C. The molecule has 1 fully saturated rings. The highest BCUT2D eigenvalue weighted by Gasteiger charge is 2.47. The van der Waals surface area contributed by atoms with Crippen LogP contribution in [0.3, 0.4) is 0 Å². The Hall–Kier alpha value is -4.09. The summed E-state index contributed by atoms with van der Waals surface area (Å²) < 4.78 is 20.0. The van der Waals surface area contributed by atoms with Gasteiger partial charge in [0.05, 0.1) is 17.9 Å². The standard InChI is InChI=1S/C31H35N7O4/c1-20-15-36(11-12-37(20)27(39)17-42-30(2,3)4)29-32-13-21(14-33-29)23-9-10-24-28(35-23)38-26(34-24)16-40-18-31(38)19-41-25-8-6-5-7-22(25)31/h5-10,13-14,20H,11-12,15-19H2,1-4H3/t20-,31?/m1/s1. The smallest absolute Gasteiger partial charge is 0.248 e. The predicted octanol–water partition coefficient (Wildman–Crippen LogP) is 3.41. The molecule has 2 atom stereocenters. The average Bonchev–Trinajstić information content (AvgIpc) is 3.55. The van der Waals surface area contributed by atoms with Crippen molar-refractivity contribution >= 4 is 23.0 Å². The quantitative estimate of drug-likeness (QED) is 0.365. The Morgan fingerprint density at radius 2 is 1.88 bits per heavy atom. The molecule has 11 nitrogen and oxygen atoms in total. The van der Waals surface area contributed by atoms with Gasteiger partial charge in [-0.1, -0.05) is 18.2 Å². The van der Waals surface area contributed by atoms with Gasteiger partial charge >= 0.3 is 0 Å². The predicted molar refractivity (Wildman–Crippen MR) is 156 cm³/mol. The largest absolute Gasteiger partial charge is 0.490 e. The van der Waals surface area contributed by atoms with E-state index in [2.05, 4.69) is 15.5 Å². The van der Waals surface area contributed by atoms with Crippen LogP contribution in [0.5, 0.6) is 5.75 Å². The molecule has 1 unspecified atom stereocenters. The van der Waals surface area contributed by atoms with Crippen LogP contribution < -0.4 is 9.64 Å². The van der Waals surface area contributed by atoms with Crippen molar-refractivity contribution in [2.45, 2.75) is 51.5 Å². The van der Waals surface area contributed by atoms with Crippen molar-refractivity contribution in [3.05, 3.63) is 60.2 Å². The summed E-state index contributed by atoms with van der Waals surface area (Å²) in [5.74, 6) is 2.36. The first kappa shape index (κ1) is 26.8. The molecule has 3 aliphatic rings. The number of fused-ring (bicyclic) bond motifs is 6. The molecule has 1 saturated heterocycles. The van der Waals surface area contributed by atoms with Crippen LogP contribution in [0.2, 0.25) is 0 Å². The van der Waals surface area contributed by atoms with E-state index < -0.39 is 5.54 Å². The van der Waals surface area contributed by atoms with E-state index in [4.69, 9.17) is 34.1 Å². The topological polar surface area (TPSA) is 108 Å². The Kier molecular flexibility index (Phi) is 6.39. The minimum Gasteiger partial charge on any atom is -0.490 e. The van der Waals surface area contributed by atoms with Gasteiger partial charge in [-0.25, -0.2) is 19.9 Å². The van der Waals surface area contributed by atoms with Crippen LogP contribution in [-0.2, 0) is 26.4 Å². The molecule has 0 bridgehead atoms. The normalized spacial score (nSPS) is 21.9. The maximum Gasteiger partial charge on any atom is 0.248 e. The summed E-state index contributed by atoms with van der Waals surface area (Å²) in [4.78, 5) is 36.0. The summed E-state index contributed by atoms with van der Waals surface area (Å²) >= 11 is 0. The van der Waals surface area contributed by atoms with Gasteiger partial charge in [-0.05, 0) is 45.9 Å². The molecule has 0 saturated carbocycles. The lowest BCUT2D eigenvalue weighted by molar-refractivity contribution is -0.143. The highest BCUT2D eigenvalue weighted by atomic mass is 16.5. The van der Waals surface area contributed by atoms with Crippen LogP contribution in [0.25, 0.3) is 22.4 Å². The number of anilines is 1. The number of imidazole rings is 1. The molecule has 0 N–H and O–H groups in total. The van der Waals surface area contributed by atoms with Crippen molar-refractivity contribution < 1.29 is 19.0 Å². The van der Waals surface area contributed by atoms with Crippen molar-refractivity contribution in [3.8, 4) is 17.0 Å². The summed E-state index contributed by atoms with van der Waals surface area (Å²) in [7, 11) is 0. The van der Waals surface area contributed by atoms with Gasteiger partial charge in [-0.2, -0.15) is 0 Å². The van der Waals surface area contributed by atoms with Gasteiger partial charge in [0.15, 0.2) is 5.65 Å². The first-order valence-corrected chi connectivity index (χ1v) is 14.4. The van der Waals surface area contributed by atoms with Gasteiger partial charge in [-0.3, -0.25) is 9.36 Å². The average molecular weight is 570 g/mol. The van der Waals surface area contributed by atoms with E-state index in [0.717, 1.165) is 39.6 Å². The Morgan fingerprint density at radius 3 is 2.67 bits per heavy atom. The van der Waals surface area contributed by atoms with Gasteiger partial charge in [0.2, 0.25) is 11.9 Å². The summed E-state index contributed by atoms with van der Waals surface area (Å²) in [6.07, 6.45) is 3.63. The molecule has 11 heteroatoms. The molecule has 4 aromatic rings. The van der Waals surface area contributed by atoms with E-state index >= 15 is 0 Å². The fraction of sp³-hybridized carbons (Fsp3) is 0.452. The summed E-state index contributed by atoms with van der Waals surface area (Å²) in [5.41, 5.74) is 3.43. The second kappa shape index (κ2) is 10.0. The zero-order valence-corrected chi connectivity index (χ0v) is 24.4. The molecule has 1 amide bonds. The third kappa shape index (κ3) is 4.57. The first-order valence-electron chi connectivity index (χ1n) is 14.4. The van der Waals surface area contributed by atoms with Crippen LogP contribution in [0, 0.1) is 0 Å². The molecule has 3 aromatic heterocycles. The number of carbonyl (C=O) groups is 1. The van der Waals surface area contributed by atoms with E-state index in [0.29, 0.717) is 45.4 Å². The highest BCUT2D eigenvalue weighted by Crippen LogP contribution is 2.44. The van der Waals surface area contributed by atoms with Crippen molar-refractivity contribution in [1.29, 1.82) is 0 Å². The third-order valence-electron chi connectivity index (χ3n) is 8.22. The van der Waals surface area contributed by atoms with Crippen LogP contribution >= 0.6 is 0 Å². The molecule has 42 heavy (non-hydrogen) atoms. The second-order valence-electron chi connectivity index (χ2n) is 12.3. The lowest BCUT2D eigenvalue weighted by Gasteiger charge is -2.40. The Bertz CT molecular complexity index is 1650. The van der Waals surface area contributed by atoms with Gasteiger partial charge in [-0.15, -0.1) is 0 Å². The first-order chi connectivity index (χ1) is 20.2. The van der Waals surface area contributed by atoms with Crippen molar-refractivity contribution in [1.82, 2.24) is 29.4 Å². The lowest BCUT2D eigenvalue weighted by Crippen LogP contribution is -2.55. The van der Waals surface area contributed by atoms with E-state index in [1.807, 2.05) is 75.3 Å². The maximum atomic E-state index is 12.7. The third-order valence-corrected chi connectivity index (χ3v) is 8.22. The summed E-state index contributed by atoms with van der Waals surface area (Å²) in [5, 5.41) is 0. The van der Waals surface area contributed by atoms with Crippen molar-refractivity contribution in [2.75, 3.05) is 44.4 Å². The van der Waals surface area contributed by atoms with Gasteiger partial charge in [0.25, 0.3) is 0 Å². The number of benzene rings is 1. The number of amides is 1. The monoisotopic (exact) mass is 569 g/mol. The number of piperazine rings is 1. The number of carbonyl (C=O) groups excluding carboxylic acids is 1. The summed E-state index contributed by atoms with van der Waals surface area (Å²) in [6.45, 7) is 11.3. The molecule has 0 radical (unpaired) electrons. The van der Waals surface area contributed by atoms with E-state index in [-0.39, 0.29) is 24.2 Å². The number of ether oxygens (including phenoxy) is 3. The molecule has 1 aromatic carbocycles. The number of rotatable bonds is 4. The maximum absolute atomic E-state index is 12.7. The molecule has 7 rings (SSSR count).